The van der Waals surface area contributed by atoms with Gasteiger partial charge in [-0.2, -0.15) is 0 Å². The summed E-state index contributed by atoms with van der Waals surface area (Å²) in [5.41, 5.74) is 1.52. The summed E-state index contributed by atoms with van der Waals surface area (Å²) >= 11 is 0. The molecule has 2 N–H and O–H groups in total. The summed E-state index contributed by atoms with van der Waals surface area (Å²) in [7, 11) is -1.03. The first-order valence-electron chi connectivity index (χ1n) is 7.13. The molecule has 0 aliphatic carbocycles. The average molecular weight is 347 g/mol. The molecule has 0 fully saturated rings. The number of nitro groups is 1. The van der Waals surface area contributed by atoms with Gasteiger partial charge in [-0.25, -0.2) is 4.79 Å². The number of rotatable bonds is 6. The summed E-state index contributed by atoms with van der Waals surface area (Å²) in [5, 5.41) is 16.0. The molecule has 0 bridgehead atoms. The molecule has 0 radical (unpaired) electrons. The second-order valence-corrected chi connectivity index (χ2v) is 6.44. The summed E-state index contributed by atoms with van der Waals surface area (Å²) in [4.78, 5) is 22.7. The van der Waals surface area contributed by atoms with Crippen LogP contribution in [0.5, 0.6) is 0 Å². The minimum Gasteiger partial charge on any atom is -0.334 e. The van der Waals surface area contributed by atoms with Crippen molar-refractivity contribution < 1.29 is 13.9 Å². The van der Waals surface area contributed by atoms with Gasteiger partial charge in [-0.05, 0) is 23.3 Å². The molecule has 2 aromatic rings. The molecule has 7 nitrogen and oxygen atoms in total. The molecule has 0 saturated heterocycles. The Kier molecular flexibility index (Phi) is 6.02. The Morgan fingerprint density at radius 2 is 1.71 bits per heavy atom. The lowest BCUT2D eigenvalue weighted by Gasteiger charge is -2.08. The summed E-state index contributed by atoms with van der Waals surface area (Å²) in [5.74, 6) is 0. The minimum atomic E-state index is -1.03. The second kappa shape index (κ2) is 8.21. The predicted molar refractivity (Wildman–Crippen MR) is 90.9 cm³/mol. The Morgan fingerprint density at radius 1 is 1.08 bits per heavy atom. The fourth-order valence-electron chi connectivity index (χ4n) is 2.01. The molecule has 126 valence electrons. The summed E-state index contributed by atoms with van der Waals surface area (Å²) in [6.07, 6.45) is 1.61. The normalized spacial score (nSPS) is 11.5. The minimum absolute atomic E-state index is 0.0110. The van der Waals surface area contributed by atoms with Gasteiger partial charge in [0, 0.05) is 47.2 Å². The van der Waals surface area contributed by atoms with Gasteiger partial charge in [-0.1, -0.05) is 24.3 Å². The van der Waals surface area contributed by atoms with Crippen LogP contribution >= 0.6 is 0 Å². The second-order valence-electron chi connectivity index (χ2n) is 5.06. The topological polar surface area (TPSA) is 101 Å². The SMILES string of the molecule is C[S@@](=O)c1ccc(CNC(=O)NCc2cccc([N+](=O)[O-])c2)cc1. The Balaban J connectivity index is 1.82. The molecule has 24 heavy (non-hydrogen) atoms. The number of amides is 2. The third-order valence-corrected chi connectivity index (χ3v) is 4.22. The van der Waals surface area contributed by atoms with Crippen molar-refractivity contribution in [3.63, 3.8) is 0 Å². The molecule has 2 amide bonds. The first kappa shape index (κ1) is 17.6. The van der Waals surface area contributed by atoms with Crippen LogP contribution in [0, 0.1) is 10.1 Å². The molecule has 0 aliphatic heterocycles. The lowest BCUT2D eigenvalue weighted by molar-refractivity contribution is -0.384. The van der Waals surface area contributed by atoms with Crippen LogP contribution in [0.25, 0.3) is 0 Å². The number of hydrogen-bond donors (Lipinski definition) is 2. The fourth-order valence-corrected chi connectivity index (χ4v) is 2.53. The molecule has 0 heterocycles. The number of carbonyl (C=O) groups is 1. The van der Waals surface area contributed by atoms with E-state index in [4.69, 9.17) is 0 Å². The van der Waals surface area contributed by atoms with Gasteiger partial charge in [0.05, 0.1) is 4.92 Å². The van der Waals surface area contributed by atoms with Gasteiger partial charge in [0.2, 0.25) is 0 Å². The third kappa shape index (κ3) is 5.17. The highest BCUT2D eigenvalue weighted by molar-refractivity contribution is 7.84. The van der Waals surface area contributed by atoms with Gasteiger partial charge in [0.1, 0.15) is 0 Å². The molecule has 0 aromatic heterocycles. The van der Waals surface area contributed by atoms with E-state index in [-0.39, 0.29) is 18.3 Å². The predicted octanol–water partition coefficient (Wildman–Crippen LogP) is 2.33. The molecule has 2 rings (SSSR count). The summed E-state index contributed by atoms with van der Waals surface area (Å²) in [6.45, 7) is 0.526. The largest absolute Gasteiger partial charge is 0.334 e. The highest BCUT2D eigenvalue weighted by atomic mass is 32.2. The van der Waals surface area contributed by atoms with E-state index >= 15 is 0 Å². The van der Waals surface area contributed by atoms with Gasteiger partial charge in [0.15, 0.2) is 0 Å². The number of carbonyl (C=O) groups excluding carboxylic acids is 1. The van der Waals surface area contributed by atoms with Crippen LogP contribution in [-0.4, -0.2) is 21.4 Å². The molecule has 0 spiro atoms. The maximum atomic E-state index is 11.8. The van der Waals surface area contributed by atoms with E-state index in [1.54, 1.807) is 42.7 Å². The van der Waals surface area contributed by atoms with Crippen molar-refractivity contribution >= 4 is 22.5 Å². The number of benzene rings is 2. The number of hydrogen-bond acceptors (Lipinski definition) is 4. The van der Waals surface area contributed by atoms with Crippen LogP contribution in [-0.2, 0) is 23.9 Å². The van der Waals surface area contributed by atoms with E-state index in [9.17, 15) is 19.1 Å². The molecular formula is C16H17N3O4S. The maximum Gasteiger partial charge on any atom is 0.315 e. The van der Waals surface area contributed by atoms with E-state index in [1.165, 1.54) is 12.1 Å². The van der Waals surface area contributed by atoms with E-state index in [0.717, 1.165) is 10.5 Å². The van der Waals surface area contributed by atoms with Crippen LogP contribution < -0.4 is 10.6 Å². The van der Waals surface area contributed by atoms with Crippen LogP contribution in [0.1, 0.15) is 11.1 Å². The first-order chi connectivity index (χ1) is 11.5. The lowest BCUT2D eigenvalue weighted by atomic mass is 10.2. The van der Waals surface area contributed by atoms with Gasteiger partial charge < -0.3 is 10.6 Å². The first-order valence-corrected chi connectivity index (χ1v) is 8.69. The quantitative estimate of drug-likeness (QED) is 0.618. The fraction of sp³-hybridized carbons (Fsp3) is 0.188. The zero-order valence-electron chi connectivity index (χ0n) is 13.0. The van der Waals surface area contributed by atoms with E-state index in [1.807, 2.05) is 0 Å². The third-order valence-electron chi connectivity index (χ3n) is 3.28. The average Bonchev–Trinajstić information content (AvgIpc) is 2.58. The Bertz CT molecular complexity index is 762. The highest BCUT2D eigenvalue weighted by Gasteiger charge is 2.07. The van der Waals surface area contributed by atoms with Crippen LogP contribution in [0.2, 0.25) is 0 Å². The molecule has 2 aromatic carbocycles. The number of non-ortho nitro benzene ring substituents is 1. The van der Waals surface area contributed by atoms with Crippen molar-refractivity contribution in [2.45, 2.75) is 18.0 Å². The van der Waals surface area contributed by atoms with Gasteiger partial charge in [-0.3, -0.25) is 14.3 Å². The zero-order chi connectivity index (χ0) is 17.5. The molecule has 0 saturated carbocycles. The van der Waals surface area contributed by atoms with Crippen molar-refractivity contribution in [3.05, 3.63) is 69.8 Å². The van der Waals surface area contributed by atoms with Crippen LogP contribution in [0.4, 0.5) is 10.5 Å². The molecule has 1 atom stereocenters. The van der Waals surface area contributed by atoms with Gasteiger partial charge in [-0.15, -0.1) is 0 Å². The highest BCUT2D eigenvalue weighted by Crippen LogP contribution is 2.12. The Hall–Kier alpha value is -2.74. The smallest absolute Gasteiger partial charge is 0.315 e. The van der Waals surface area contributed by atoms with E-state index in [2.05, 4.69) is 10.6 Å². The van der Waals surface area contributed by atoms with Crippen molar-refractivity contribution in [1.29, 1.82) is 0 Å². The van der Waals surface area contributed by atoms with Gasteiger partial charge >= 0.3 is 6.03 Å². The Labute approximate surface area is 141 Å². The van der Waals surface area contributed by atoms with Crippen molar-refractivity contribution in [2.75, 3.05) is 6.26 Å². The molecule has 8 heteroatoms. The van der Waals surface area contributed by atoms with Crippen molar-refractivity contribution in [2.24, 2.45) is 0 Å². The summed E-state index contributed by atoms with van der Waals surface area (Å²) in [6, 6.07) is 12.9. The Morgan fingerprint density at radius 3 is 2.29 bits per heavy atom. The molecule has 0 unspecified atom stereocenters. The summed E-state index contributed by atoms with van der Waals surface area (Å²) < 4.78 is 11.3. The number of nitrogens with one attached hydrogen (secondary N) is 2. The zero-order valence-corrected chi connectivity index (χ0v) is 13.8. The maximum absolute atomic E-state index is 11.8. The van der Waals surface area contributed by atoms with Gasteiger partial charge in [0.25, 0.3) is 5.69 Å². The lowest BCUT2D eigenvalue weighted by Crippen LogP contribution is -2.34. The molecular weight excluding hydrogens is 330 g/mol. The number of urea groups is 1. The van der Waals surface area contributed by atoms with Crippen molar-refractivity contribution in [1.82, 2.24) is 10.6 Å². The number of nitrogens with zero attached hydrogens (tertiary/aromatic N) is 1. The van der Waals surface area contributed by atoms with Crippen LogP contribution in [0.3, 0.4) is 0 Å². The van der Waals surface area contributed by atoms with E-state index in [0.29, 0.717) is 12.1 Å². The monoisotopic (exact) mass is 347 g/mol. The van der Waals surface area contributed by atoms with E-state index < -0.39 is 15.7 Å². The standard InChI is InChI=1S/C16H17N3O4S/c1-24(23)15-7-5-12(6-8-15)10-17-16(20)18-11-13-3-2-4-14(9-13)19(21)22/h2-9H,10-11H2,1H3,(H2,17,18,20)/t24-/m1/s1. The molecule has 0 aliphatic rings. The van der Waals surface area contributed by atoms with Crippen LogP contribution in [0.15, 0.2) is 53.4 Å². The number of nitro benzene ring substituents is 1. The van der Waals surface area contributed by atoms with Crippen molar-refractivity contribution in [3.8, 4) is 0 Å².